The molecule has 0 saturated heterocycles. The molecule has 0 fully saturated rings. The van der Waals surface area contributed by atoms with Gasteiger partial charge in [0, 0.05) is 12.4 Å². The molecule has 0 saturated carbocycles. The van der Waals surface area contributed by atoms with Crippen LogP contribution < -0.4 is 56.5 Å². The molecular weight excluding hydrogens is 241 g/mol. The van der Waals surface area contributed by atoms with Crippen LogP contribution in [0.1, 0.15) is 18.6 Å². The van der Waals surface area contributed by atoms with E-state index in [9.17, 15) is 14.7 Å². The Hall–Kier alpha value is -0.284. The summed E-state index contributed by atoms with van der Waals surface area (Å²) in [6.45, 7) is 1.98. The van der Waals surface area contributed by atoms with Gasteiger partial charge in [0.15, 0.2) is 5.82 Å². The number of rotatable bonds is 5. The van der Waals surface area contributed by atoms with Crippen molar-refractivity contribution in [3.8, 4) is 0 Å². The van der Waals surface area contributed by atoms with Crippen LogP contribution in [-0.2, 0) is 27.2 Å². The predicted octanol–water partition coefficient (Wildman–Crippen LogP) is -4.79. The number of carboxylic acids is 1. The first-order chi connectivity index (χ1) is 7.11. The fourth-order valence-electron chi connectivity index (χ4n) is 0.971. The topological polar surface area (TPSA) is 108 Å². The second-order valence-corrected chi connectivity index (χ2v) is 2.73. The third-order valence-corrected chi connectivity index (χ3v) is 1.50. The molecule has 0 bridgehead atoms. The first kappa shape index (κ1) is 15.7. The first-order valence-electron chi connectivity index (χ1n) is 4.37. The molecule has 1 aromatic heterocycles. The van der Waals surface area contributed by atoms with Gasteiger partial charge in [0.1, 0.15) is 12.2 Å². The summed E-state index contributed by atoms with van der Waals surface area (Å²) in [5.41, 5.74) is 0. The van der Waals surface area contributed by atoms with Gasteiger partial charge >= 0.3 is 57.4 Å². The van der Waals surface area contributed by atoms with E-state index in [0.717, 1.165) is 0 Å². The SMILES string of the molecule is CCOC(=O)Cc1n[nH]c(CC(=O)[O-])n1.[K+]. The van der Waals surface area contributed by atoms with Gasteiger partial charge in [-0.05, 0) is 6.92 Å². The Kier molecular flexibility index (Phi) is 7.76. The van der Waals surface area contributed by atoms with Crippen LogP contribution >= 0.6 is 0 Å². The van der Waals surface area contributed by atoms with E-state index in [-0.39, 0.29) is 82.5 Å². The average molecular weight is 251 g/mol. The third-order valence-electron chi connectivity index (χ3n) is 1.50. The number of aromatic amines is 1. The van der Waals surface area contributed by atoms with E-state index in [1.54, 1.807) is 6.92 Å². The Bertz CT molecular complexity index is 366. The first-order valence-corrected chi connectivity index (χ1v) is 4.37. The largest absolute Gasteiger partial charge is 1.00 e. The summed E-state index contributed by atoms with van der Waals surface area (Å²) < 4.78 is 4.67. The van der Waals surface area contributed by atoms with E-state index >= 15 is 0 Å². The third kappa shape index (κ3) is 5.71. The van der Waals surface area contributed by atoms with Crippen LogP contribution in [-0.4, -0.2) is 33.7 Å². The fourth-order valence-corrected chi connectivity index (χ4v) is 0.971. The number of esters is 1. The molecule has 0 atom stereocenters. The van der Waals surface area contributed by atoms with Gasteiger partial charge < -0.3 is 14.6 Å². The summed E-state index contributed by atoms with van der Waals surface area (Å²) in [7, 11) is 0. The number of hydrogen-bond donors (Lipinski definition) is 1. The van der Waals surface area contributed by atoms with Crippen LogP contribution in [0.25, 0.3) is 0 Å². The Balaban J connectivity index is 0.00000225. The Labute approximate surface area is 134 Å². The van der Waals surface area contributed by atoms with Gasteiger partial charge in [-0.3, -0.25) is 9.89 Å². The Morgan fingerprint density at radius 3 is 2.69 bits per heavy atom. The number of carbonyl (C=O) groups is 2. The van der Waals surface area contributed by atoms with Gasteiger partial charge in [0.25, 0.3) is 0 Å². The van der Waals surface area contributed by atoms with Crippen molar-refractivity contribution in [2.24, 2.45) is 0 Å². The van der Waals surface area contributed by atoms with E-state index in [2.05, 4.69) is 19.9 Å². The quantitative estimate of drug-likeness (QED) is 0.415. The van der Waals surface area contributed by atoms with E-state index in [4.69, 9.17) is 0 Å². The average Bonchev–Trinajstić information content (AvgIpc) is 2.51. The summed E-state index contributed by atoms with van der Waals surface area (Å²) in [6, 6.07) is 0. The number of aromatic nitrogens is 3. The number of aliphatic carboxylic acids is 1. The fraction of sp³-hybridized carbons (Fsp3) is 0.500. The number of H-pyrrole nitrogens is 1. The molecule has 0 radical (unpaired) electrons. The number of carboxylic acid groups (broad SMARTS) is 1. The summed E-state index contributed by atoms with van der Waals surface area (Å²) in [4.78, 5) is 25.0. The standard InChI is InChI=1S/C8H11N3O4.K/c1-2-15-8(14)4-6-9-5(10-11-6)3-7(12)13;/h2-4H2,1H3,(H,12,13)(H,9,10,11);/q;+1/p-1. The number of hydrogen-bond acceptors (Lipinski definition) is 6. The molecule has 0 aliphatic rings. The zero-order chi connectivity index (χ0) is 11.3. The Morgan fingerprint density at radius 1 is 1.44 bits per heavy atom. The van der Waals surface area contributed by atoms with E-state index in [1.165, 1.54) is 0 Å². The maximum atomic E-state index is 11.0. The molecular formula is C8H10KN3O4. The molecule has 0 unspecified atom stereocenters. The normalized spacial score (nSPS) is 9.31. The number of ether oxygens (including phenoxy) is 1. The molecule has 1 N–H and O–H groups in total. The molecule has 0 spiro atoms. The van der Waals surface area contributed by atoms with Crippen molar-refractivity contribution in [2.45, 2.75) is 19.8 Å². The number of carbonyl (C=O) groups excluding carboxylic acids is 2. The minimum Gasteiger partial charge on any atom is -0.550 e. The van der Waals surface area contributed by atoms with Crippen molar-refractivity contribution in [2.75, 3.05) is 6.61 Å². The summed E-state index contributed by atoms with van der Waals surface area (Å²) in [6.07, 6.45) is -0.423. The Morgan fingerprint density at radius 2 is 2.12 bits per heavy atom. The molecule has 0 aromatic carbocycles. The van der Waals surface area contributed by atoms with Gasteiger partial charge in [0.2, 0.25) is 0 Å². The van der Waals surface area contributed by atoms with Crippen LogP contribution in [0, 0.1) is 0 Å². The molecule has 82 valence electrons. The molecule has 1 heterocycles. The van der Waals surface area contributed by atoms with Crippen molar-refractivity contribution >= 4 is 11.9 Å². The van der Waals surface area contributed by atoms with E-state index < -0.39 is 11.9 Å². The molecule has 1 rings (SSSR count). The second kappa shape index (κ2) is 7.90. The maximum absolute atomic E-state index is 11.0. The minimum atomic E-state index is -1.26. The zero-order valence-electron chi connectivity index (χ0n) is 9.15. The van der Waals surface area contributed by atoms with Crippen molar-refractivity contribution in [3.63, 3.8) is 0 Å². The van der Waals surface area contributed by atoms with E-state index in [1.807, 2.05) is 0 Å². The van der Waals surface area contributed by atoms with Gasteiger partial charge in [-0.1, -0.05) is 0 Å². The molecule has 0 aliphatic heterocycles. The predicted molar refractivity (Wildman–Crippen MR) is 45.4 cm³/mol. The second-order valence-electron chi connectivity index (χ2n) is 2.73. The van der Waals surface area contributed by atoms with Crippen molar-refractivity contribution in [1.29, 1.82) is 0 Å². The molecule has 1 aromatic rings. The van der Waals surface area contributed by atoms with E-state index in [0.29, 0.717) is 0 Å². The zero-order valence-corrected chi connectivity index (χ0v) is 12.3. The van der Waals surface area contributed by atoms with Crippen LogP contribution in [0.15, 0.2) is 0 Å². The van der Waals surface area contributed by atoms with Crippen LogP contribution in [0.4, 0.5) is 0 Å². The molecule has 7 nitrogen and oxygen atoms in total. The van der Waals surface area contributed by atoms with Crippen LogP contribution in [0.5, 0.6) is 0 Å². The molecule has 8 heteroatoms. The van der Waals surface area contributed by atoms with Gasteiger partial charge in [-0.25, -0.2) is 4.98 Å². The molecule has 0 aliphatic carbocycles. The van der Waals surface area contributed by atoms with Crippen molar-refractivity contribution in [3.05, 3.63) is 11.6 Å². The van der Waals surface area contributed by atoms with Crippen LogP contribution in [0.2, 0.25) is 0 Å². The molecule has 0 amide bonds. The monoisotopic (exact) mass is 251 g/mol. The number of nitrogens with one attached hydrogen (secondary N) is 1. The minimum absolute atomic E-state index is 0. The van der Waals surface area contributed by atoms with Crippen molar-refractivity contribution in [1.82, 2.24) is 15.2 Å². The summed E-state index contributed by atoms with van der Waals surface area (Å²) in [5.74, 6) is -1.33. The van der Waals surface area contributed by atoms with Gasteiger partial charge in [-0.15, -0.1) is 0 Å². The van der Waals surface area contributed by atoms with Crippen LogP contribution in [0.3, 0.4) is 0 Å². The summed E-state index contributed by atoms with van der Waals surface area (Å²) >= 11 is 0. The van der Waals surface area contributed by atoms with Gasteiger partial charge in [0.05, 0.1) is 6.61 Å². The molecule has 16 heavy (non-hydrogen) atoms. The smallest absolute Gasteiger partial charge is 0.550 e. The number of nitrogens with zero attached hydrogens (tertiary/aromatic N) is 2. The maximum Gasteiger partial charge on any atom is 1.00 e. The van der Waals surface area contributed by atoms with Crippen molar-refractivity contribution < 1.29 is 70.8 Å². The summed E-state index contributed by atoms with van der Waals surface area (Å²) in [5, 5.41) is 16.3. The van der Waals surface area contributed by atoms with Gasteiger partial charge in [-0.2, -0.15) is 5.10 Å².